The first kappa shape index (κ1) is 60.3. The fraction of sp³-hybridized carbons (Fsp3) is 0.672. The number of carbonyl (C=O) groups excluding carboxylic acids is 3. The summed E-state index contributed by atoms with van der Waals surface area (Å²) in [7, 11) is 0. The minimum atomic E-state index is -0.799. The quantitative estimate of drug-likeness (QED) is 0.0199. The number of hydrogen-bond acceptors (Lipinski definition) is 6. The van der Waals surface area contributed by atoms with Gasteiger partial charge in [-0.25, -0.2) is 0 Å². The van der Waals surface area contributed by atoms with Crippen LogP contribution in [0.3, 0.4) is 0 Å². The van der Waals surface area contributed by atoms with Gasteiger partial charge in [0.15, 0.2) is 6.10 Å². The number of hydrogen-bond donors (Lipinski definition) is 0. The predicted octanol–water partition coefficient (Wildman–Crippen LogP) is 17.4. The number of unbranched alkanes of at least 4 members (excludes halogenated alkanes) is 25. The van der Waals surface area contributed by atoms with Crippen LogP contribution in [0.1, 0.15) is 233 Å². The largest absolute Gasteiger partial charge is 0.462 e. The summed E-state index contributed by atoms with van der Waals surface area (Å²) >= 11 is 0. The number of carbonyl (C=O) groups is 3. The molecule has 0 fully saturated rings. The highest BCUT2D eigenvalue weighted by Gasteiger charge is 2.19. The van der Waals surface area contributed by atoms with E-state index in [1.54, 1.807) is 0 Å². The summed E-state index contributed by atoms with van der Waals surface area (Å²) in [6, 6.07) is 0. The van der Waals surface area contributed by atoms with Gasteiger partial charge in [-0.3, -0.25) is 14.4 Å². The van der Waals surface area contributed by atoms with E-state index in [1.807, 2.05) is 72.9 Å². The molecule has 0 heterocycles. The lowest BCUT2D eigenvalue weighted by Crippen LogP contribution is -2.30. The fourth-order valence-electron chi connectivity index (χ4n) is 7.07. The van der Waals surface area contributed by atoms with Gasteiger partial charge in [0, 0.05) is 19.3 Å². The van der Waals surface area contributed by atoms with Crippen molar-refractivity contribution in [1.29, 1.82) is 0 Å². The standard InChI is InChI=1S/C58H96O6/c1-4-7-10-13-16-19-22-24-26-28-29-30-32-33-36-39-42-45-48-51-57(60)63-54-55(53-62-56(59)50-47-44-41-38-35-21-18-15-12-9-6-3)64-58(61)52-49-46-43-40-37-34-31-27-25-23-20-17-14-11-8-5-2/h7,10,13,16,19,22,24,26-33,36,55H,4-6,8-9,11-12,14-15,17-18,20-21,23,25,34-35,37-54H2,1-3H3/b10-7-,16-13-,22-19-,26-24-,29-28+,31-27-,32-30-,36-33-. The van der Waals surface area contributed by atoms with Gasteiger partial charge in [-0.05, 0) is 64.2 Å². The van der Waals surface area contributed by atoms with Crippen molar-refractivity contribution in [2.24, 2.45) is 0 Å². The molecule has 0 saturated heterocycles. The molecule has 0 rings (SSSR count). The maximum absolute atomic E-state index is 12.8. The topological polar surface area (TPSA) is 78.9 Å². The highest BCUT2D eigenvalue weighted by molar-refractivity contribution is 5.71. The molecule has 0 spiro atoms. The summed E-state index contributed by atoms with van der Waals surface area (Å²) in [6.45, 7) is 6.43. The second-order valence-electron chi connectivity index (χ2n) is 17.2. The third kappa shape index (κ3) is 49.3. The van der Waals surface area contributed by atoms with Crippen LogP contribution in [0.25, 0.3) is 0 Å². The minimum Gasteiger partial charge on any atom is -0.462 e. The molecule has 0 amide bonds. The normalized spacial score (nSPS) is 12.9. The Morgan fingerprint density at radius 3 is 1.02 bits per heavy atom. The number of ether oxygens (including phenoxy) is 3. The molecular formula is C58H96O6. The van der Waals surface area contributed by atoms with Gasteiger partial charge in [0.25, 0.3) is 0 Å². The summed E-state index contributed by atoms with van der Waals surface area (Å²) in [5.74, 6) is -0.951. The third-order valence-electron chi connectivity index (χ3n) is 11.0. The number of rotatable bonds is 46. The van der Waals surface area contributed by atoms with E-state index in [-0.39, 0.29) is 31.1 Å². The molecule has 0 aromatic rings. The molecule has 0 aliphatic rings. The van der Waals surface area contributed by atoms with Crippen molar-refractivity contribution in [2.45, 2.75) is 239 Å². The van der Waals surface area contributed by atoms with Crippen molar-refractivity contribution in [3.05, 3.63) is 97.2 Å². The van der Waals surface area contributed by atoms with E-state index < -0.39 is 6.10 Å². The van der Waals surface area contributed by atoms with E-state index in [0.717, 1.165) is 83.5 Å². The van der Waals surface area contributed by atoms with E-state index in [9.17, 15) is 14.4 Å². The lowest BCUT2D eigenvalue weighted by atomic mass is 10.1. The molecule has 6 nitrogen and oxygen atoms in total. The SMILES string of the molecule is CC\C=C/C=C\C=C/C=C\C=C\C=C/C=C\CCCCCC(=O)OCC(COC(=O)CCCCCCCCCCCCC)OC(=O)CCCCCCC/C=C\CCCCCCCCC. The van der Waals surface area contributed by atoms with Crippen LogP contribution < -0.4 is 0 Å². The molecule has 64 heavy (non-hydrogen) atoms. The fourth-order valence-corrected chi connectivity index (χ4v) is 7.07. The predicted molar refractivity (Wildman–Crippen MR) is 274 cm³/mol. The number of allylic oxidation sites excluding steroid dienone is 16. The van der Waals surface area contributed by atoms with Crippen LogP contribution in [0.5, 0.6) is 0 Å². The van der Waals surface area contributed by atoms with Gasteiger partial charge < -0.3 is 14.2 Å². The maximum Gasteiger partial charge on any atom is 0.306 e. The van der Waals surface area contributed by atoms with Crippen molar-refractivity contribution in [3.63, 3.8) is 0 Å². The summed E-state index contributed by atoms with van der Waals surface area (Å²) < 4.78 is 16.8. The van der Waals surface area contributed by atoms with Gasteiger partial charge in [-0.2, -0.15) is 0 Å². The second kappa shape index (κ2) is 52.0. The van der Waals surface area contributed by atoms with Crippen LogP contribution in [0, 0.1) is 0 Å². The summed E-state index contributed by atoms with van der Waals surface area (Å²) in [5.41, 5.74) is 0. The Morgan fingerprint density at radius 1 is 0.328 bits per heavy atom. The highest BCUT2D eigenvalue weighted by Crippen LogP contribution is 2.14. The van der Waals surface area contributed by atoms with E-state index >= 15 is 0 Å². The Labute approximate surface area is 394 Å². The minimum absolute atomic E-state index is 0.0950. The summed E-state index contributed by atoms with van der Waals surface area (Å²) in [6.07, 6.45) is 68.1. The second-order valence-corrected chi connectivity index (χ2v) is 17.2. The molecular weight excluding hydrogens is 793 g/mol. The Balaban J connectivity index is 4.49. The van der Waals surface area contributed by atoms with Crippen LogP contribution >= 0.6 is 0 Å². The Hall–Kier alpha value is -3.67. The highest BCUT2D eigenvalue weighted by atomic mass is 16.6. The molecule has 1 unspecified atom stereocenters. The number of esters is 3. The summed E-state index contributed by atoms with van der Waals surface area (Å²) in [5, 5.41) is 0. The van der Waals surface area contributed by atoms with Gasteiger partial charge >= 0.3 is 17.9 Å². The van der Waals surface area contributed by atoms with Crippen LogP contribution in [-0.4, -0.2) is 37.2 Å². The van der Waals surface area contributed by atoms with Crippen LogP contribution in [0.2, 0.25) is 0 Å². The molecule has 0 aliphatic heterocycles. The molecule has 364 valence electrons. The molecule has 0 N–H and O–H groups in total. The molecule has 0 saturated carbocycles. The van der Waals surface area contributed by atoms with E-state index in [2.05, 4.69) is 45.1 Å². The van der Waals surface area contributed by atoms with E-state index in [1.165, 1.54) is 109 Å². The van der Waals surface area contributed by atoms with E-state index in [4.69, 9.17) is 14.2 Å². The molecule has 0 aromatic carbocycles. The van der Waals surface area contributed by atoms with Crippen molar-refractivity contribution >= 4 is 17.9 Å². The Bertz CT molecular complexity index is 1300. The van der Waals surface area contributed by atoms with Gasteiger partial charge in [0.2, 0.25) is 0 Å². The van der Waals surface area contributed by atoms with Crippen molar-refractivity contribution < 1.29 is 28.6 Å². The van der Waals surface area contributed by atoms with Crippen LogP contribution in [-0.2, 0) is 28.6 Å². The molecule has 0 aliphatic carbocycles. The zero-order valence-electron chi connectivity index (χ0n) is 41.5. The van der Waals surface area contributed by atoms with Gasteiger partial charge in [-0.15, -0.1) is 0 Å². The van der Waals surface area contributed by atoms with Crippen LogP contribution in [0.15, 0.2) is 97.2 Å². The zero-order chi connectivity index (χ0) is 46.5. The third-order valence-corrected chi connectivity index (χ3v) is 11.0. The van der Waals surface area contributed by atoms with Crippen molar-refractivity contribution in [2.75, 3.05) is 13.2 Å². The van der Waals surface area contributed by atoms with Crippen LogP contribution in [0.4, 0.5) is 0 Å². The molecule has 0 aromatic heterocycles. The first-order valence-electron chi connectivity index (χ1n) is 26.3. The Kier molecular flexibility index (Phi) is 49.0. The molecule has 0 radical (unpaired) electrons. The molecule has 1 atom stereocenters. The van der Waals surface area contributed by atoms with Crippen molar-refractivity contribution in [3.8, 4) is 0 Å². The first-order chi connectivity index (χ1) is 31.5. The van der Waals surface area contributed by atoms with Crippen molar-refractivity contribution in [1.82, 2.24) is 0 Å². The smallest absolute Gasteiger partial charge is 0.306 e. The van der Waals surface area contributed by atoms with Gasteiger partial charge in [0.05, 0.1) is 0 Å². The van der Waals surface area contributed by atoms with Gasteiger partial charge in [-0.1, -0.05) is 246 Å². The maximum atomic E-state index is 12.8. The van der Waals surface area contributed by atoms with E-state index in [0.29, 0.717) is 19.3 Å². The molecule has 0 bridgehead atoms. The first-order valence-corrected chi connectivity index (χ1v) is 26.3. The zero-order valence-corrected chi connectivity index (χ0v) is 41.5. The lowest BCUT2D eigenvalue weighted by Gasteiger charge is -2.18. The van der Waals surface area contributed by atoms with Gasteiger partial charge in [0.1, 0.15) is 13.2 Å². The lowest BCUT2D eigenvalue weighted by molar-refractivity contribution is -0.167. The molecule has 6 heteroatoms. The Morgan fingerprint density at radius 2 is 0.625 bits per heavy atom. The average molecular weight is 889 g/mol. The summed E-state index contributed by atoms with van der Waals surface area (Å²) in [4.78, 5) is 38.0. The average Bonchev–Trinajstić information content (AvgIpc) is 3.29. The monoisotopic (exact) mass is 889 g/mol.